The summed E-state index contributed by atoms with van der Waals surface area (Å²) in [4.78, 5) is 12.5. The summed E-state index contributed by atoms with van der Waals surface area (Å²) in [7, 11) is -3.45. The zero-order valence-electron chi connectivity index (χ0n) is 14.8. The number of carbonyl (C=O) groups is 1. The van der Waals surface area contributed by atoms with Gasteiger partial charge in [-0.05, 0) is 49.1 Å². The number of esters is 1. The van der Waals surface area contributed by atoms with Crippen molar-refractivity contribution in [2.75, 3.05) is 0 Å². The van der Waals surface area contributed by atoms with Gasteiger partial charge >= 0.3 is 5.97 Å². The van der Waals surface area contributed by atoms with E-state index in [2.05, 4.69) is 13.8 Å². The van der Waals surface area contributed by atoms with Crippen LogP contribution in [-0.4, -0.2) is 20.5 Å². The Balaban J connectivity index is 2.12. The highest BCUT2D eigenvalue weighted by Gasteiger charge is 2.17. The van der Waals surface area contributed by atoms with Gasteiger partial charge < -0.3 is 4.74 Å². The van der Waals surface area contributed by atoms with E-state index in [0.717, 1.165) is 6.42 Å². The van der Waals surface area contributed by atoms with Gasteiger partial charge in [-0.1, -0.05) is 44.2 Å². The van der Waals surface area contributed by atoms with Crippen LogP contribution in [0.25, 0.3) is 0 Å². The summed E-state index contributed by atoms with van der Waals surface area (Å²) in [6.07, 6.45) is 0.609. The smallest absolute Gasteiger partial charge is 0.338 e. The summed E-state index contributed by atoms with van der Waals surface area (Å²) < 4.78 is 30.4. The fourth-order valence-electron chi connectivity index (χ4n) is 2.68. The Morgan fingerprint density at radius 1 is 1.00 bits per heavy atom. The molecule has 0 aliphatic heterocycles. The largest absolute Gasteiger partial charge is 0.459 e. The predicted molar refractivity (Wildman–Crippen MR) is 98.1 cm³/mol. The molecular formula is C20H24O4S. The lowest BCUT2D eigenvalue weighted by Crippen LogP contribution is -2.17. The normalized spacial score (nSPS) is 12.8. The average Bonchev–Trinajstić information content (AvgIpc) is 2.54. The quantitative estimate of drug-likeness (QED) is 0.693. The van der Waals surface area contributed by atoms with Crippen molar-refractivity contribution in [2.45, 2.75) is 43.9 Å². The van der Waals surface area contributed by atoms with E-state index in [1.54, 1.807) is 54.6 Å². The number of hydrogen-bond donors (Lipinski definition) is 0. The third-order valence-electron chi connectivity index (χ3n) is 3.73. The molecule has 0 amide bonds. The summed E-state index contributed by atoms with van der Waals surface area (Å²) in [5.41, 5.74) is 0.936. The first kappa shape index (κ1) is 19.2. The number of ether oxygens (including phenoxy) is 1. The molecule has 0 fully saturated rings. The molecule has 4 nitrogen and oxygen atoms in total. The van der Waals surface area contributed by atoms with E-state index < -0.39 is 15.8 Å². The van der Waals surface area contributed by atoms with E-state index in [4.69, 9.17) is 4.74 Å². The molecule has 0 aliphatic rings. The van der Waals surface area contributed by atoms with Crippen molar-refractivity contribution >= 4 is 15.8 Å². The molecular weight excluding hydrogens is 336 g/mol. The van der Waals surface area contributed by atoms with Crippen LogP contribution >= 0.6 is 0 Å². The number of hydrogen-bond acceptors (Lipinski definition) is 4. The second kappa shape index (κ2) is 8.30. The van der Waals surface area contributed by atoms with Crippen molar-refractivity contribution in [1.82, 2.24) is 0 Å². The van der Waals surface area contributed by atoms with Crippen molar-refractivity contribution in [1.29, 1.82) is 0 Å². The summed E-state index contributed by atoms with van der Waals surface area (Å²) in [5.74, 6) is -0.142. The highest BCUT2D eigenvalue weighted by atomic mass is 32.2. The van der Waals surface area contributed by atoms with Crippen LogP contribution in [0.5, 0.6) is 0 Å². The molecule has 5 heteroatoms. The van der Waals surface area contributed by atoms with Crippen LogP contribution in [0.15, 0.2) is 59.5 Å². The predicted octanol–water partition coefficient (Wildman–Crippen LogP) is 4.25. The molecule has 25 heavy (non-hydrogen) atoms. The summed E-state index contributed by atoms with van der Waals surface area (Å²) in [5, 5.41) is 0. The van der Waals surface area contributed by atoms with Crippen LogP contribution in [0.4, 0.5) is 0 Å². The first-order valence-corrected chi connectivity index (χ1v) is 10.0. The molecule has 2 rings (SSSR count). The number of rotatable bonds is 7. The zero-order chi connectivity index (χ0) is 18.4. The Morgan fingerprint density at radius 2 is 1.68 bits per heavy atom. The first-order valence-electron chi connectivity index (χ1n) is 8.35. The second-order valence-electron chi connectivity index (χ2n) is 6.62. The van der Waals surface area contributed by atoms with Crippen molar-refractivity contribution in [3.63, 3.8) is 0 Å². The lowest BCUT2D eigenvalue weighted by Gasteiger charge is -2.15. The van der Waals surface area contributed by atoms with Crippen molar-refractivity contribution < 1.29 is 17.9 Å². The summed E-state index contributed by atoms with van der Waals surface area (Å²) in [6, 6.07) is 14.9. The summed E-state index contributed by atoms with van der Waals surface area (Å²) >= 11 is 0. The molecule has 1 unspecified atom stereocenters. The highest BCUT2D eigenvalue weighted by molar-refractivity contribution is 7.90. The molecule has 0 saturated carbocycles. The molecule has 2 aromatic carbocycles. The van der Waals surface area contributed by atoms with E-state index in [9.17, 15) is 13.2 Å². The Hall–Kier alpha value is -2.14. The maximum atomic E-state index is 12.5. The molecule has 0 heterocycles. The Bertz CT molecular complexity index is 811. The minimum Gasteiger partial charge on any atom is -0.459 e. The van der Waals surface area contributed by atoms with Gasteiger partial charge in [0, 0.05) is 0 Å². The van der Waals surface area contributed by atoms with E-state index in [1.165, 1.54) is 0 Å². The number of sulfone groups is 1. The van der Waals surface area contributed by atoms with Crippen LogP contribution in [0.3, 0.4) is 0 Å². The van der Waals surface area contributed by atoms with Gasteiger partial charge in [0.2, 0.25) is 0 Å². The van der Waals surface area contributed by atoms with Gasteiger partial charge in [-0.3, -0.25) is 0 Å². The lowest BCUT2D eigenvalue weighted by molar-refractivity contribution is 0.0299. The maximum absolute atomic E-state index is 12.5. The molecule has 0 aromatic heterocycles. The van der Waals surface area contributed by atoms with Gasteiger partial charge in [0.15, 0.2) is 9.84 Å². The highest BCUT2D eigenvalue weighted by Crippen LogP contribution is 2.18. The minimum atomic E-state index is -3.45. The Kier molecular flexibility index (Phi) is 6.37. The van der Waals surface area contributed by atoms with Gasteiger partial charge in [-0.25, -0.2) is 13.2 Å². The standard InChI is InChI=1S/C20H24O4S/c1-15(2)12-16(3)24-20(21)18-9-7-8-17(13-18)14-25(22,23)19-10-5-4-6-11-19/h4-11,13,15-16H,12,14H2,1-3H3. The van der Waals surface area contributed by atoms with E-state index >= 15 is 0 Å². The van der Waals surface area contributed by atoms with Gasteiger partial charge in [-0.2, -0.15) is 0 Å². The molecule has 0 N–H and O–H groups in total. The van der Waals surface area contributed by atoms with Gasteiger partial charge in [-0.15, -0.1) is 0 Å². The van der Waals surface area contributed by atoms with Crippen molar-refractivity contribution in [3.8, 4) is 0 Å². The molecule has 0 aliphatic carbocycles. The topological polar surface area (TPSA) is 60.4 Å². The molecule has 2 aromatic rings. The first-order chi connectivity index (χ1) is 11.8. The average molecular weight is 360 g/mol. The molecule has 0 spiro atoms. The minimum absolute atomic E-state index is 0.153. The molecule has 0 bridgehead atoms. The SMILES string of the molecule is CC(C)CC(C)OC(=O)c1cccc(CS(=O)(=O)c2ccccc2)c1. The molecule has 0 radical (unpaired) electrons. The van der Waals surface area contributed by atoms with Gasteiger partial charge in [0.25, 0.3) is 0 Å². The van der Waals surface area contributed by atoms with Crippen LogP contribution in [-0.2, 0) is 20.3 Å². The monoisotopic (exact) mass is 360 g/mol. The zero-order valence-corrected chi connectivity index (χ0v) is 15.6. The third-order valence-corrected chi connectivity index (χ3v) is 5.44. The van der Waals surface area contributed by atoms with E-state index in [-0.39, 0.29) is 16.8 Å². The number of benzene rings is 2. The molecule has 134 valence electrons. The third kappa shape index (κ3) is 5.71. The van der Waals surface area contributed by atoms with Gasteiger partial charge in [0.05, 0.1) is 22.3 Å². The molecule has 1 atom stereocenters. The second-order valence-corrected chi connectivity index (χ2v) is 8.61. The maximum Gasteiger partial charge on any atom is 0.338 e. The lowest BCUT2D eigenvalue weighted by atomic mass is 10.1. The van der Waals surface area contributed by atoms with Gasteiger partial charge in [0.1, 0.15) is 0 Å². The van der Waals surface area contributed by atoms with Crippen molar-refractivity contribution in [3.05, 3.63) is 65.7 Å². The van der Waals surface area contributed by atoms with Crippen LogP contribution in [0, 0.1) is 5.92 Å². The van der Waals surface area contributed by atoms with Crippen molar-refractivity contribution in [2.24, 2.45) is 5.92 Å². The fraction of sp³-hybridized carbons (Fsp3) is 0.350. The van der Waals surface area contributed by atoms with E-state index in [0.29, 0.717) is 17.0 Å². The van der Waals surface area contributed by atoms with Crippen LogP contribution in [0.2, 0.25) is 0 Å². The molecule has 0 saturated heterocycles. The van der Waals surface area contributed by atoms with E-state index in [1.807, 2.05) is 6.92 Å². The van der Waals surface area contributed by atoms with Crippen LogP contribution in [0.1, 0.15) is 43.1 Å². The Morgan fingerprint density at radius 3 is 2.32 bits per heavy atom. The Labute approximate surface area is 149 Å². The summed E-state index contributed by atoms with van der Waals surface area (Å²) in [6.45, 7) is 6.00. The van der Waals surface area contributed by atoms with Crippen LogP contribution < -0.4 is 0 Å². The fourth-order valence-corrected chi connectivity index (χ4v) is 4.04. The number of carbonyl (C=O) groups excluding carboxylic acids is 1.